The van der Waals surface area contributed by atoms with Crippen LogP contribution in [-0.4, -0.2) is 21.3 Å². The lowest BCUT2D eigenvalue weighted by atomic mass is 10.1. The fourth-order valence-corrected chi connectivity index (χ4v) is 4.26. The van der Waals surface area contributed by atoms with Crippen LogP contribution in [0.3, 0.4) is 0 Å². The molecule has 0 radical (unpaired) electrons. The fourth-order valence-electron chi connectivity index (χ4n) is 3.06. The van der Waals surface area contributed by atoms with E-state index in [2.05, 4.69) is 10.3 Å². The minimum Gasteiger partial charge on any atom is -0.510 e. The van der Waals surface area contributed by atoms with Gasteiger partial charge in [-0.15, -0.1) is 0 Å². The molecule has 3 aromatic rings. The average Bonchev–Trinajstić information content (AvgIpc) is 3.36. The highest BCUT2D eigenvalue weighted by atomic mass is 32.2. The Labute approximate surface area is 173 Å². The van der Waals surface area contributed by atoms with Gasteiger partial charge in [0.2, 0.25) is 0 Å². The Balaban J connectivity index is 1.60. The molecule has 0 bridgehead atoms. The molecule has 29 heavy (non-hydrogen) atoms. The van der Waals surface area contributed by atoms with Gasteiger partial charge in [-0.1, -0.05) is 60.3 Å². The number of aliphatic hydroxyl groups is 1. The summed E-state index contributed by atoms with van der Waals surface area (Å²) in [5, 5.41) is 13.9. The highest BCUT2D eigenvalue weighted by Crippen LogP contribution is 2.36. The molecule has 2 aromatic carbocycles. The number of furan rings is 1. The number of nitrogens with one attached hydrogen (secondary N) is 1. The quantitative estimate of drug-likeness (QED) is 0.607. The molecule has 0 spiro atoms. The molecule has 0 aliphatic carbocycles. The number of rotatable bonds is 6. The average molecular weight is 404 g/mol. The Bertz CT molecular complexity index is 1030. The lowest BCUT2D eigenvalue weighted by Gasteiger charge is -2.07. The number of anilines is 1. The Kier molecular flexibility index (Phi) is 5.81. The number of amides is 1. The second-order valence-electron chi connectivity index (χ2n) is 6.58. The molecular weight excluding hydrogens is 384 g/mol. The number of carbonyl (C=O) groups is 1. The van der Waals surface area contributed by atoms with E-state index in [4.69, 9.17) is 4.42 Å². The van der Waals surface area contributed by atoms with Gasteiger partial charge >= 0.3 is 0 Å². The summed E-state index contributed by atoms with van der Waals surface area (Å²) in [6.45, 7) is 0.437. The Morgan fingerprint density at radius 3 is 2.45 bits per heavy atom. The Morgan fingerprint density at radius 2 is 1.76 bits per heavy atom. The topological polar surface area (TPSA) is 74.8 Å². The third-order valence-electron chi connectivity index (χ3n) is 4.50. The molecule has 146 valence electrons. The van der Waals surface area contributed by atoms with Gasteiger partial charge in [-0.3, -0.25) is 9.79 Å². The second-order valence-corrected chi connectivity index (χ2v) is 7.77. The van der Waals surface area contributed by atoms with Crippen molar-refractivity contribution in [2.45, 2.75) is 18.2 Å². The van der Waals surface area contributed by atoms with Crippen molar-refractivity contribution in [2.75, 3.05) is 5.32 Å². The van der Waals surface area contributed by atoms with E-state index in [1.807, 2.05) is 60.7 Å². The van der Waals surface area contributed by atoms with Gasteiger partial charge in [0.05, 0.1) is 18.1 Å². The van der Waals surface area contributed by atoms with E-state index in [0.717, 1.165) is 11.3 Å². The molecular formula is C23H20N2O3S. The first-order chi connectivity index (χ1) is 14.2. The Morgan fingerprint density at radius 1 is 1.03 bits per heavy atom. The number of benzene rings is 2. The molecule has 2 heterocycles. The van der Waals surface area contributed by atoms with Crippen LogP contribution in [0.5, 0.6) is 0 Å². The summed E-state index contributed by atoms with van der Waals surface area (Å²) in [6, 6.07) is 22.7. The number of aliphatic hydroxyl groups excluding tert-OH is 1. The van der Waals surface area contributed by atoms with Crippen LogP contribution in [-0.2, 0) is 17.8 Å². The van der Waals surface area contributed by atoms with E-state index in [0.29, 0.717) is 23.7 Å². The van der Waals surface area contributed by atoms with Crippen molar-refractivity contribution in [1.82, 2.24) is 0 Å². The van der Waals surface area contributed by atoms with Crippen molar-refractivity contribution < 1.29 is 14.3 Å². The number of carbonyl (C=O) groups excluding carboxylic acids is 1. The van der Waals surface area contributed by atoms with Crippen LogP contribution in [0, 0.1) is 0 Å². The number of thioether (sulfide) groups is 1. The molecule has 1 atom stereocenters. The zero-order chi connectivity index (χ0) is 20.1. The summed E-state index contributed by atoms with van der Waals surface area (Å²) in [7, 11) is 0. The van der Waals surface area contributed by atoms with Gasteiger partial charge in [0.15, 0.2) is 0 Å². The molecule has 4 rings (SSSR count). The first-order valence-electron chi connectivity index (χ1n) is 9.28. The van der Waals surface area contributed by atoms with Crippen LogP contribution in [0.25, 0.3) is 0 Å². The minimum absolute atomic E-state index is 0.0339. The lowest BCUT2D eigenvalue weighted by molar-refractivity contribution is -0.112. The molecule has 2 N–H and O–H groups in total. The van der Waals surface area contributed by atoms with Crippen LogP contribution in [0.2, 0.25) is 0 Å². The molecule has 1 unspecified atom stereocenters. The summed E-state index contributed by atoms with van der Waals surface area (Å²) < 4.78 is 5.41. The van der Waals surface area contributed by atoms with Gasteiger partial charge in [-0.05, 0) is 29.8 Å². The monoisotopic (exact) mass is 404 g/mol. The number of hydrogen-bond acceptors (Lipinski definition) is 5. The third-order valence-corrected chi connectivity index (χ3v) is 5.73. The van der Waals surface area contributed by atoms with Crippen LogP contribution in [0.1, 0.15) is 11.3 Å². The number of hydrogen-bond donors (Lipinski definition) is 2. The summed E-state index contributed by atoms with van der Waals surface area (Å²) >= 11 is 1.39. The van der Waals surface area contributed by atoms with Crippen LogP contribution < -0.4 is 5.32 Å². The largest absolute Gasteiger partial charge is 0.510 e. The van der Waals surface area contributed by atoms with Crippen molar-refractivity contribution in [1.29, 1.82) is 0 Å². The molecule has 5 nitrogen and oxygen atoms in total. The number of nitrogens with zero attached hydrogens (tertiary/aromatic N) is 1. The predicted molar refractivity (Wildman–Crippen MR) is 116 cm³/mol. The van der Waals surface area contributed by atoms with E-state index in [9.17, 15) is 9.90 Å². The van der Waals surface area contributed by atoms with Crippen LogP contribution in [0.4, 0.5) is 5.69 Å². The van der Waals surface area contributed by atoms with Crippen molar-refractivity contribution in [3.8, 4) is 0 Å². The molecule has 1 aliphatic heterocycles. The maximum atomic E-state index is 12.9. The van der Waals surface area contributed by atoms with Gasteiger partial charge in [-0.25, -0.2) is 0 Å². The molecule has 6 heteroatoms. The van der Waals surface area contributed by atoms with Crippen LogP contribution in [0.15, 0.2) is 99.8 Å². The van der Waals surface area contributed by atoms with Gasteiger partial charge in [0.25, 0.3) is 5.91 Å². The summed E-state index contributed by atoms with van der Waals surface area (Å²) in [5.41, 5.74) is 1.93. The van der Waals surface area contributed by atoms with Gasteiger partial charge in [-0.2, -0.15) is 0 Å². The normalized spacial score (nSPS) is 17.7. The van der Waals surface area contributed by atoms with Crippen molar-refractivity contribution in [3.63, 3.8) is 0 Å². The highest BCUT2D eigenvalue weighted by molar-refractivity contribution is 8.15. The van der Waals surface area contributed by atoms with E-state index in [1.54, 1.807) is 18.4 Å². The van der Waals surface area contributed by atoms with E-state index in [1.165, 1.54) is 11.8 Å². The molecule has 1 amide bonds. The molecule has 1 aliphatic rings. The highest BCUT2D eigenvalue weighted by Gasteiger charge is 2.36. The van der Waals surface area contributed by atoms with Crippen molar-refractivity contribution in [3.05, 3.63) is 102 Å². The van der Waals surface area contributed by atoms with Gasteiger partial charge < -0.3 is 14.8 Å². The number of aliphatic imine (C=N–C) groups is 1. The molecule has 0 fully saturated rings. The summed E-state index contributed by atoms with van der Waals surface area (Å²) in [5.74, 6) is 0.419. The van der Waals surface area contributed by atoms with Gasteiger partial charge in [0, 0.05) is 12.1 Å². The molecule has 0 saturated carbocycles. The first-order valence-corrected chi connectivity index (χ1v) is 10.2. The Hall–Kier alpha value is -3.25. The molecule has 1 aromatic heterocycles. The second kappa shape index (κ2) is 8.84. The summed E-state index contributed by atoms with van der Waals surface area (Å²) in [4.78, 5) is 17.6. The smallest absolute Gasteiger partial charge is 0.261 e. The maximum absolute atomic E-state index is 12.9. The zero-order valence-corrected chi connectivity index (χ0v) is 16.4. The standard InChI is InChI=1S/C23H20N2O3S/c26-21-19(14-18-12-7-13-28-18)29-23(24-15-16-8-3-1-4-9-16)20(21)22(27)25-17-10-5-2-6-11-17/h1-13,19,26H,14-15H2,(H,25,27). The number of para-hydroxylation sites is 1. The minimum atomic E-state index is -0.366. The predicted octanol–water partition coefficient (Wildman–Crippen LogP) is 4.99. The lowest BCUT2D eigenvalue weighted by Crippen LogP contribution is -2.19. The third kappa shape index (κ3) is 4.60. The summed E-state index contributed by atoms with van der Waals surface area (Å²) in [6.07, 6.45) is 2.08. The van der Waals surface area contributed by atoms with E-state index < -0.39 is 0 Å². The van der Waals surface area contributed by atoms with Crippen molar-refractivity contribution in [2.24, 2.45) is 4.99 Å². The molecule has 0 saturated heterocycles. The maximum Gasteiger partial charge on any atom is 0.261 e. The zero-order valence-electron chi connectivity index (χ0n) is 15.6. The van der Waals surface area contributed by atoms with E-state index >= 15 is 0 Å². The fraction of sp³-hybridized carbons (Fsp3) is 0.130. The van der Waals surface area contributed by atoms with Gasteiger partial charge in [0.1, 0.15) is 22.1 Å². The van der Waals surface area contributed by atoms with Crippen LogP contribution >= 0.6 is 11.8 Å². The van der Waals surface area contributed by atoms with E-state index in [-0.39, 0.29) is 22.5 Å². The SMILES string of the molecule is O=C(Nc1ccccc1)C1=C(O)C(Cc2ccco2)SC1=NCc1ccccc1. The van der Waals surface area contributed by atoms with Crippen molar-refractivity contribution >= 4 is 28.4 Å². The first kappa shape index (κ1) is 19.1.